The summed E-state index contributed by atoms with van der Waals surface area (Å²) < 4.78 is 5.17. The fourth-order valence-corrected chi connectivity index (χ4v) is 2.82. The molecule has 7 heteroatoms. The summed E-state index contributed by atoms with van der Waals surface area (Å²) in [7, 11) is 1.64. The largest absolute Gasteiger partial charge is 0.497 e. The Hall–Kier alpha value is -2.83. The topological polar surface area (TPSA) is 70.6 Å². The van der Waals surface area contributed by atoms with E-state index < -0.39 is 0 Å². The van der Waals surface area contributed by atoms with Gasteiger partial charge in [0.05, 0.1) is 7.11 Å². The van der Waals surface area contributed by atoms with Gasteiger partial charge in [-0.15, -0.1) is 0 Å². The van der Waals surface area contributed by atoms with E-state index in [0.29, 0.717) is 5.95 Å². The van der Waals surface area contributed by atoms with Crippen molar-refractivity contribution in [3.8, 4) is 5.75 Å². The number of nitrogens with one attached hydrogen (secondary N) is 1. The van der Waals surface area contributed by atoms with Crippen LogP contribution in [0.25, 0.3) is 0 Å². The lowest BCUT2D eigenvalue weighted by Crippen LogP contribution is -2.48. The van der Waals surface area contributed by atoms with E-state index in [0.717, 1.165) is 49.1 Å². The number of hydrogen-bond donors (Lipinski definition) is 1. The molecule has 1 saturated heterocycles. The Morgan fingerprint density at radius 2 is 1.80 bits per heavy atom. The number of benzene rings is 1. The summed E-state index contributed by atoms with van der Waals surface area (Å²) in [6, 6.07) is 9.61. The highest BCUT2D eigenvalue weighted by molar-refractivity contribution is 5.73. The molecule has 0 bridgehead atoms. The second-order valence-corrected chi connectivity index (χ2v) is 6.04. The molecule has 0 atom stereocenters. The molecule has 1 aliphatic rings. The molecule has 2 aromatic rings. The lowest BCUT2D eigenvalue weighted by atomic mass is 10.3. The number of ether oxygens (including phenoxy) is 1. The summed E-state index contributed by atoms with van der Waals surface area (Å²) in [5.41, 5.74) is 1.80. The predicted octanol–water partition coefficient (Wildman–Crippen LogP) is 2.21. The number of rotatable bonds is 4. The summed E-state index contributed by atoms with van der Waals surface area (Å²) >= 11 is 0. The molecule has 1 aromatic heterocycles. The van der Waals surface area contributed by atoms with Crippen LogP contribution in [-0.2, 0) is 4.79 Å². The van der Waals surface area contributed by atoms with Gasteiger partial charge in [0, 0.05) is 50.6 Å². The molecule has 0 aliphatic carbocycles. The van der Waals surface area contributed by atoms with Gasteiger partial charge in [-0.1, -0.05) is 0 Å². The van der Waals surface area contributed by atoms with Crippen LogP contribution in [0.15, 0.2) is 30.3 Å². The van der Waals surface area contributed by atoms with E-state index in [-0.39, 0.29) is 5.91 Å². The van der Waals surface area contributed by atoms with E-state index in [1.165, 1.54) is 0 Å². The van der Waals surface area contributed by atoms with E-state index in [1.54, 1.807) is 14.0 Å². The van der Waals surface area contributed by atoms with Crippen LogP contribution in [0.5, 0.6) is 5.75 Å². The van der Waals surface area contributed by atoms with Crippen LogP contribution in [0.1, 0.15) is 12.6 Å². The number of carbonyl (C=O) groups excluding carboxylic acids is 1. The van der Waals surface area contributed by atoms with Crippen LogP contribution in [0.2, 0.25) is 0 Å². The molecule has 7 nitrogen and oxygen atoms in total. The van der Waals surface area contributed by atoms with Crippen LogP contribution in [0.3, 0.4) is 0 Å². The van der Waals surface area contributed by atoms with Gasteiger partial charge >= 0.3 is 0 Å². The molecule has 1 N–H and O–H groups in total. The van der Waals surface area contributed by atoms with Crippen LogP contribution < -0.4 is 15.0 Å². The zero-order valence-corrected chi connectivity index (χ0v) is 14.8. The molecule has 0 radical (unpaired) electrons. The standard InChI is InChI=1S/C18H23N5O2/c1-13-12-17(23-10-8-22(9-11-23)14(2)24)21-18(19-13)20-15-4-6-16(25-3)7-5-15/h4-7,12H,8-11H2,1-3H3,(H,19,20,21). The molecule has 0 spiro atoms. The lowest BCUT2D eigenvalue weighted by molar-refractivity contribution is -0.129. The fourth-order valence-electron chi connectivity index (χ4n) is 2.82. The Balaban J connectivity index is 1.73. The smallest absolute Gasteiger partial charge is 0.229 e. The molecule has 1 fully saturated rings. The molecule has 25 heavy (non-hydrogen) atoms. The predicted molar refractivity (Wildman–Crippen MR) is 97.5 cm³/mol. The molecule has 1 aromatic carbocycles. The van der Waals surface area contributed by atoms with Crippen molar-refractivity contribution in [2.45, 2.75) is 13.8 Å². The van der Waals surface area contributed by atoms with Crippen LogP contribution in [0, 0.1) is 6.92 Å². The summed E-state index contributed by atoms with van der Waals surface area (Å²) in [6.07, 6.45) is 0. The fraction of sp³-hybridized carbons (Fsp3) is 0.389. The van der Waals surface area contributed by atoms with Gasteiger partial charge in [0.15, 0.2) is 0 Å². The second kappa shape index (κ2) is 7.38. The van der Waals surface area contributed by atoms with Crippen molar-refractivity contribution < 1.29 is 9.53 Å². The van der Waals surface area contributed by atoms with Crippen molar-refractivity contribution >= 4 is 23.4 Å². The van der Waals surface area contributed by atoms with E-state index in [9.17, 15) is 4.79 Å². The Kier molecular flexibility index (Phi) is 5.02. The number of piperazine rings is 1. The maximum absolute atomic E-state index is 11.5. The van der Waals surface area contributed by atoms with E-state index in [2.05, 4.69) is 20.2 Å². The summed E-state index contributed by atoms with van der Waals surface area (Å²) in [5.74, 6) is 2.38. The zero-order chi connectivity index (χ0) is 17.8. The van der Waals surface area contributed by atoms with Gasteiger partial charge in [-0.25, -0.2) is 4.98 Å². The minimum absolute atomic E-state index is 0.125. The number of anilines is 3. The number of methoxy groups -OCH3 is 1. The Labute approximate surface area is 147 Å². The van der Waals surface area contributed by atoms with Crippen molar-refractivity contribution in [3.63, 3.8) is 0 Å². The quantitative estimate of drug-likeness (QED) is 0.919. The molecule has 1 aliphatic heterocycles. The molecule has 1 amide bonds. The van der Waals surface area contributed by atoms with Gasteiger partial charge in [0.1, 0.15) is 11.6 Å². The van der Waals surface area contributed by atoms with E-state index in [4.69, 9.17) is 4.74 Å². The van der Waals surface area contributed by atoms with Crippen molar-refractivity contribution in [2.75, 3.05) is 43.5 Å². The summed E-state index contributed by atoms with van der Waals surface area (Å²) in [6.45, 7) is 6.56. The van der Waals surface area contributed by atoms with E-state index >= 15 is 0 Å². The highest BCUT2D eigenvalue weighted by Gasteiger charge is 2.20. The van der Waals surface area contributed by atoms with E-state index in [1.807, 2.05) is 42.2 Å². The van der Waals surface area contributed by atoms with Crippen molar-refractivity contribution in [1.29, 1.82) is 0 Å². The summed E-state index contributed by atoms with van der Waals surface area (Å²) in [5, 5.41) is 3.23. The minimum Gasteiger partial charge on any atom is -0.497 e. The maximum atomic E-state index is 11.5. The van der Waals surface area contributed by atoms with Gasteiger partial charge in [0.25, 0.3) is 0 Å². The third-order valence-corrected chi connectivity index (χ3v) is 4.24. The van der Waals surface area contributed by atoms with Crippen molar-refractivity contribution in [1.82, 2.24) is 14.9 Å². The minimum atomic E-state index is 0.125. The molecule has 2 heterocycles. The summed E-state index contributed by atoms with van der Waals surface area (Å²) in [4.78, 5) is 24.6. The molecular formula is C18H23N5O2. The first-order valence-electron chi connectivity index (χ1n) is 8.32. The molecular weight excluding hydrogens is 318 g/mol. The monoisotopic (exact) mass is 341 g/mol. The number of aryl methyl sites for hydroxylation is 1. The van der Waals surface area contributed by atoms with Crippen LogP contribution in [-0.4, -0.2) is 54.1 Å². The number of carbonyl (C=O) groups is 1. The number of nitrogens with zero attached hydrogens (tertiary/aromatic N) is 4. The SMILES string of the molecule is COc1ccc(Nc2nc(C)cc(N3CCN(C(C)=O)CC3)n2)cc1. The van der Waals surface area contributed by atoms with Crippen molar-refractivity contribution in [3.05, 3.63) is 36.0 Å². The number of hydrogen-bond acceptors (Lipinski definition) is 6. The molecule has 3 rings (SSSR count). The third-order valence-electron chi connectivity index (χ3n) is 4.24. The highest BCUT2D eigenvalue weighted by Crippen LogP contribution is 2.21. The lowest BCUT2D eigenvalue weighted by Gasteiger charge is -2.35. The Morgan fingerprint density at radius 1 is 1.12 bits per heavy atom. The first-order chi connectivity index (χ1) is 12.0. The van der Waals surface area contributed by atoms with Crippen LogP contribution in [0.4, 0.5) is 17.5 Å². The molecule has 0 unspecified atom stereocenters. The Morgan fingerprint density at radius 3 is 2.40 bits per heavy atom. The molecule has 132 valence electrons. The Bertz CT molecular complexity index is 740. The number of aromatic nitrogens is 2. The average Bonchev–Trinajstić information content (AvgIpc) is 2.62. The highest BCUT2D eigenvalue weighted by atomic mass is 16.5. The molecule has 0 saturated carbocycles. The van der Waals surface area contributed by atoms with Gasteiger partial charge in [-0.3, -0.25) is 4.79 Å². The normalized spacial score (nSPS) is 14.4. The maximum Gasteiger partial charge on any atom is 0.229 e. The average molecular weight is 341 g/mol. The second-order valence-electron chi connectivity index (χ2n) is 6.04. The first kappa shape index (κ1) is 17.0. The van der Waals surface area contributed by atoms with Gasteiger partial charge in [-0.05, 0) is 31.2 Å². The van der Waals surface area contributed by atoms with Gasteiger partial charge in [0.2, 0.25) is 11.9 Å². The first-order valence-corrected chi connectivity index (χ1v) is 8.32. The van der Waals surface area contributed by atoms with Crippen molar-refractivity contribution in [2.24, 2.45) is 0 Å². The number of amides is 1. The van der Waals surface area contributed by atoms with Gasteiger partial charge < -0.3 is 19.9 Å². The van der Waals surface area contributed by atoms with Gasteiger partial charge in [-0.2, -0.15) is 4.98 Å². The third kappa shape index (κ3) is 4.17. The van der Waals surface area contributed by atoms with Crippen LogP contribution >= 0.6 is 0 Å². The zero-order valence-electron chi connectivity index (χ0n) is 14.8.